The second-order valence-electron chi connectivity index (χ2n) is 7.24. The van der Waals surface area contributed by atoms with E-state index in [0.29, 0.717) is 24.5 Å². The van der Waals surface area contributed by atoms with Crippen molar-refractivity contribution in [2.45, 2.75) is 29.1 Å². The molecule has 0 aliphatic carbocycles. The van der Waals surface area contributed by atoms with Crippen LogP contribution < -0.4 is 10.2 Å². The highest BCUT2D eigenvalue weighted by Crippen LogP contribution is 2.35. The number of rotatable bonds is 6. The van der Waals surface area contributed by atoms with Crippen LogP contribution in [0.4, 0.5) is 11.4 Å². The molecular weight excluding hydrogens is 422 g/mol. The lowest BCUT2D eigenvalue weighted by molar-refractivity contribution is -0.117. The van der Waals surface area contributed by atoms with Crippen molar-refractivity contribution < 1.29 is 18.0 Å². The number of fused-ring (bicyclic) bond motifs is 1. The van der Waals surface area contributed by atoms with E-state index in [-0.39, 0.29) is 29.7 Å². The molecule has 1 saturated heterocycles. The fraction of sp³-hybridized carbons (Fsp3) is 0.333. The van der Waals surface area contributed by atoms with Crippen LogP contribution in [0.15, 0.2) is 58.3 Å². The molecule has 0 bridgehead atoms. The van der Waals surface area contributed by atoms with Gasteiger partial charge >= 0.3 is 0 Å². The summed E-state index contributed by atoms with van der Waals surface area (Å²) in [5.41, 5.74) is 1.26. The summed E-state index contributed by atoms with van der Waals surface area (Å²) in [5.74, 6) is 0.0640. The Balaban J connectivity index is 1.41. The quantitative estimate of drug-likeness (QED) is 0.739. The monoisotopic (exact) mass is 445 g/mol. The summed E-state index contributed by atoms with van der Waals surface area (Å²) in [7, 11) is -3.54. The van der Waals surface area contributed by atoms with Crippen molar-refractivity contribution in [3.05, 3.63) is 48.5 Å². The molecular formula is C21H23N3O4S2. The smallest absolute Gasteiger partial charge is 0.243 e. The Hall–Kier alpha value is -2.36. The van der Waals surface area contributed by atoms with Gasteiger partial charge in [-0.15, -0.1) is 11.8 Å². The lowest BCUT2D eigenvalue weighted by Crippen LogP contribution is -2.37. The van der Waals surface area contributed by atoms with E-state index < -0.39 is 10.0 Å². The van der Waals surface area contributed by atoms with Crippen LogP contribution in [0.5, 0.6) is 0 Å². The third-order valence-electron chi connectivity index (χ3n) is 5.19. The van der Waals surface area contributed by atoms with Crippen molar-refractivity contribution in [3.63, 3.8) is 0 Å². The van der Waals surface area contributed by atoms with Gasteiger partial charge in [0.25, 0.3) is 0 Å². The predicted molar refractivity (Wildman–Crippen MR) is 117 cm³/mol. The Morgan fingerprint density at radius 1 is 1.07 bits per heavy atom. The first-order valence-electron chi connectivity index (χ1n) is 9.87. The largest absolute Gasteiger partial charge is 0.326 e. The van der Waals surface area contributed by atoms with Gasteiger partial charge in [-0.2, -0.15) is 4.31 Å². The molecule has 0 radical (unpaired) electrons. The van der Waals surface area contributed by atoms with Crippen LogP contribution in [0.2, 0.25) is 0 Å². The van der Waals surface area contributed by atoms with E-state index in [1.165, 1.54) is 22.1 Å². The van der Waals surface area contributed by atoms with Gasteiger partial charge in [0.05, 0.1) is 16.3 Å². The zero-order chi connectivity index (χ0) is 21.1. The molecule has 7 nitrogen and oxygen atoms in total. The Labute approximate surface area is 180 Å². The topological polar surface area (TPSA) is 86.8 Å². The average molecular weight is 446 g/mol. The fourth-order valence-electron chi connectivity index (χ4n) is 3.65. The van der Waals surface area contributed by atoms with Gasteiger partial charge in [-0.1, -0.05) is 18.2 Å². The predicted octanol–water partition coefficient (Wildman–Crippen LogP) is 2.94. The standard InChI is InChI=1S/C21H23N3O4S2/c25-20(10-13-24-18-8-1-2-9-19(18)29-15-21(24)26)22-16-6-5-7-17(14-16)30(27,28)23-11-3-4-12-23/h1-2,5-9,14H,3-4,10-13,15H2,(H,22,25). The molecule has 1 fully saturated rings. The first kappa shape index (κ1) is 20.9. The lowest BCUT2D eigenvalue weighted by atomic mass is 10.2. The van der Waals surface area contributed by atoms with Crippen LogP contribution in [0.3, 0.4) is 0 Å². The van der Waals surface area contributed by atoms with Gasteiger partial charge in [-0.25, -0.2) is 8.42 Å². The molecule has 0 spiro atoms. The second-order valence-corrected chi connectivity index (χ2v) is 10.2. The van der Waals surface area contributed by atoms with Crippen molar-refractivity contribution in [2.24, 2.45) is 0 Å². The summed E-state index contributed by atoms with van der Waals surface area (Å²) in [6, 6.07) is 14.0. The Bertz CT molecular complexity index is 1070. The number of carbonyl (C=O) groups excluding carboxylic acids is 2. The maximum Gasteiger partial charge on any atom is 0.243 e. The second kappa shape index (κ2) is 8.79. The fourth-order valence-corrected chi connectivity index (χ4v) is 6.15. The number of anilines is 2. The van der Waals surface area contributed by atoms with E-state index in [9.17, 15) is 18.0 Å². The van der Waals surface area contributed by atoms with Gasteiger partial charge in [0.15, 0.2) is 0 Å². The van der Waals surface area contributed by atoms with Gasteiger partial charge in [0, 0.05) is 36.6 Å². The number of carbonyl (C=O) groups is 2. The normalized spacial score (nSPS) is 17.1. The lowest BCUT2D eigenvalue weighted by Gasteiger charge is -2.28. The Morgan fingerprint density at radius 2 is 1.83 bits per heavy atom. The highest BCUT2D eigenvalue weighted by Gasteiger charge is 2.28. The van der Waals surface area contributed by atoms with Crippen LogP contribution in [0.25, 0.3) is 0 Å². The number of nitrogens with zero attached hydrogens (tertiary/aromatic N) is 2. The molecule has 2 aromatic rings. The van der Waals surface area contributed by atoms with Crippen LogP contribution in [-0.4, -0.2) is 49.9 Å². The first-order valence-corrected chi connectivity index (χ1v) is 12.3. The molecule has 2 aliphatic heterocycles. The minimum absolute atomic E-state index is 0.0230. The number of amides is 2. The van der Waals surface area contributed by atoms with Gasteiger partial charge in [-0.05, 0) is 43.2 Å². The van der Waals surface area contributed by atoms with Crippen molar-refractivity contribution in [3.8, 4) is 0 Å². The molecule has 1 N–H and O–H groups in total. The number of thioether (sulfide) groups is 1. The zero-order valence-corrected chi connectivity index (χ0v) is 18.0. The zero-order valence-electron chi connectivity index (χ0n) is 16.4. The van der Waals surface area contributed by atoms with Crippen molar-refractivity contribution in [1.82, 2.24) is 4.31 Å². The summed E-state index contributed by atoms with van der Waals surface area (Å²) in [6.45, 7) is 1.33. The number of hydrogen-bond acceptors (Lipinski definition) is 5. The average Bonchev–Trinajstić information content (AvgIpc) is 3.29. The number of nitrogens with one attached hydrogen (secondary N) is 1. The summed E-state index contributed by atoms with van der Waals surface area (Å²) in [4.78, 5) is 27.6. The number of hydrogen-bond donors (Lipinski definition) is 1. The van der Waals surface area contributed by atoms with Gasteiger partial charge in [-0.3, -0.25) is 9.59 Å². The van der Waals surface area contributed by atoms with Crippen LogP contribution in [-0.2, 0) is 19.6 Å². The SMILES string of the molecule is O=C(CCN1C(=O)CSc2ccccc21)Nc1cccc(S(=O)(=O)N2CCCC2)c1. The minimum Gasteiger partial charge on any atom is -0.326 e. The van der Waals surface area contributed by atoms with E-state index in [2.05, 4.69) is 5.32 Å². The van der Waals surface area contributed by atoms with Crippen molar-refractivity contribution >= 4 is 45.0 Å². The van der Waals surface area contributed by atoms with Gasteiger partial charge in [0.2, 0.25) is 21.8 Å². The van der Waals surface area contributed by atoms with Gasteiger partial charge < -0.3 is 10.2 Å². The molecule has 9 heteroatoms. The summed E-state index contributed by atoms with van der Waals surface area (Å²) in [6.07, 6.45) is 1.85. The number of benzene rings is 2. The van der Waals surface area contributed by atoms with Gasteiger partial charge in [0.1, 0.15) is 0 Å². The Morgan fingerprint density at radius 3 is 2.63 bits per heavy atom. The van der Waals surface area contributed by atoms with Crippen LogP contribution >= 0.6 is 11.8 Å². The molecule has 0 aromatic heterocycles. The maximum absolute atomic E-state index is 12.7. The molecule has 4 rings (SSSR count). The molecule has 0 unspecified atom stereocenters. The third kappa shape index (κ3) is 4.38. The molecule has 2 amide bonds. The van der Waals surface area contributed by atoms with E-state index in [1.807, 2.05) is 24.3 Å². The third-order valence-corrected chi connectivity index (χ3v) is 8.13. The van der Waals surface area contributed by atoms with E-state index in [1.54, 1.807) is 23.1 Å². The van der Waals surface area contributed by atoms with E-state index in [0.717, 1.165) is 23.4 Å². The molecule has 2 aliphatic rings. The number of sulfonamides is 1. The summed E-state index contributed by atoms with van der Waals surface area (Å²) in [5, 5.41) is 2.76. The number of para-hydroxylation sites is 1. The molecule has 0 atom stereocenters. The summed E-state index contributed by atoms with van der Waals surface area (Å²) >= 11 is 1.50. The van der Waals surface area contributed by atoms with Crippen LogP contribution in [0, 0.1) is 0 Å². The minimum atomic E-state index is -3.54. The molecule has 0 saturated carbocycles. The van der Waals surface area contributed by atoms with Crippen molar-refractivity contribution in [1.29, 1.82) is 0 Å². The van der Waals surface area contributed by atoms with Crippen molar-refractivity contribution in [2.75, 3.05) is 35.6 Å². The highest BCUT2D eigenvalue weighted by molar-refractivity contribution is 8.00. The van der Waals surface area contributed by atoms with E-state index >= 15 is 0 Å². The Kier molecular flexibility index (Phi) is 6.12. The maximum atomic E-state index is 12.7. The molecule has 2 heterocycles. The van der Waals surface area contributed by atoms with Crippen LogP contribution in [0.1, 0.15) is 19.3 Å². The molecule has 2 aromatic carbocycles. The molecule has 158 valence electrons. The highest BCUT2D eigenvalue weighted by atomic mass is 32.2. The summed E-state index contributed by atoms with van der Waals surface area (Å²) < 4.78 is 26.9. The molecule has 30 heavy (non-hydrogen) atoms. The first-order chi connectivity index (χ1) is 14.4. The van der Waals surface area contributed by atoms with E-state index in [4.69, 9.17) is 0 Å².